The standard InChI is InChI=1S/C31H38N4O3/c1-38-31(37)28(21-12-6-5-7-13-21)33-29-30(36)35(25-17-11-10-16-24(25)32-29)27-20-23-18-19-26(27)34(23)22-14-8-3-2-4-9-15-22/h5-7,10-13,16-17,22-23,26-28H,2-4,8-9,14-15,18-20H2,1H3,(H,32,33)/t23-,26?,27+,28-/m0/s1. The van der Waals surface area contributed by atoms with E-state index in [0.29, 0.717) is 18.1 Å². The molecule has 1 unspecified atom stereocenters. The molecule has 3 heterocycles. The highest BCUT2D eigenvalue weighted by Crippen LogP contribution is 2.47. The lowest BCUT2D eigenvalue weighted by Gasteiger charge is -2.34. The zero-order valence-corrected chi connectivity index (χ0v) is 22.2. The molecule has 3 fully saturated rings. The van der Waals surface area contributed by atoms with Crippen molar-refractivity contribution in [2.45, 2.75) is 94.4 Å². The third-order valence-electron chi connectivity index (χ3n) is 9.03. The van der Waals surface area contributed by atoms with E-state index < -0.39 is 12.0 Å². The second-order valence-corrected chi connectivity index (χ2v) is 11.2. The van der Waals surface area contributed by atoms with Gasteiger partial charge in [0.1, 0.15) is 0 Å². The average molecular weight is 515 g/mol. The molecule has 1 aromatic heterocycles. The summed E-state index contributed by atoms with van der Waals surface area (Å²) in [7, 11) is 1.37. The molecule has 3 aromatic rings. The Morgan fingerprint density at radius 2 is 1.61 bits per heavy atom. The first-order valence-electron chi connectivity index (χ1n) is 14.3. The number of carbonyl (C=O) groups is 1. The van der Waals surface area contributed by atoms with Gasteiger partial charge in [-0.3, -0.25) is 14.3 Å². The van der Waals surface area contributed by atoms with E-state index in [1.54, 1.807) is 0 Å². The van der Waals surface area contributed by atoms with Crippen molar-refractivity contribution in [2.75, 3.05) is 12.4 Å². The number of hydrogen-bond donors (Lipinski definition) is 1. The number of aromatic nitrogens is 2. The van der Waals surface area contributed by atoms with E-state index in [2.05, 4.69) is 10.2 Å². The maximum Gasteiger partial charge on any atom is 0.333 e. The molecular weight excluding hydrogens is 476 g/mol. The largest absolute Gasteiger partial charge is 0.467 e. The average Bonchev–Trinajstić information content (AvgIpc) is 3.50. The van der Waals surface area contributed by atoms with Gasteiger partial charge in [-0.2, -0.15) is 0 Å². The molecule has 2 aliphatic heterocycles. The topological polar surface area (TPSA) is 76.5 Å². The van der Waals surface area contributed by atoms with Crippen LogP contribution in [0.4, 0.5) is 5.82 Å². The van der Waals surface area contributed by atoms with E-state index in [-0.39, 0.29) is 17.4 Å². The third kappa shape index (κ3) is 4.62. The highest BCUT2D eigenvalue weighted by Gasteiger charge is 2.50. The summed E-state index contributed by atoms with van der Waals surface area (Å²) in [6.07, 6.45) is 12.6. The second kappa shape index (κ2) is 10.9. The fourth-order valence-corrected chi connectivity index (χ4v) is 7.33. The Kier molecular flexibility index (Phi) is 7.20. The number of nitrogens with one attached hydrogen (secondary N) is 1. The lowest BCUT2D eigenvalue weighted by Crippen LogP contribution is -2.42. The molecule has 2 saturated heterocycles. The number of hydrogen-bond acceptors (Lipinski definition) is 6. The minimum atomic E-state index is -0.817. The molecule has 0 spiro atoms. The number of fused-ring (bicyclic) bond motifs is 3. The van der Waals surface area contributed by atoms with Crippen LogP contribution in [0, 0.1) is 0 Å². The Morgan fingerprint density at radius 3 is 2.37 bits per heavy atom. The number of para-hydroxylation sites is 2. The van der Waals surface area contributed by atoms with Crippen LogP contribution in [0.2, 0.25) is 0 Å². The fraction of sp³-hybridized carbons (Fsp3) is 0.516. The number of ether oxygens (including phenoxy) is 1. The van der Waals surface area contributed by atoms with Crippen molar-refractivity contribution < 1.29 is 9.53 Å². The van der Waals surface area contributed by atoms with Crippen LogP contribution in [0.3, 0.4) is 0 Å². The Bertz CT molecular complexity index is 1330. The Balaban J connectivity index is 1.38. The zero-order valence-electron chi connectivity index (χ0n) is 22.2. The highest BCUT2D eigenvalue weighted by atomic mass is 16.5. The Morgan fingerprint density at radius 1 is 0.895 bits per heavy atom. The molecule has 1 aliphatic carbocycles. The molecule has 4 atom stereocenters. The van der Waals surface area contributed by atoms with Crippen molar-refractivity contribution in [2.24, 2.45) is 0 Å². The van der Waals surface area contributed by atoms with Gasteiger partial charge in [-0.05, 0) is 49.8 Å². The van der Waals surface area contributed by atoms with Gasteiger partial charge in [0, 0.05) is 18.1 Å². The molecule has 1 N–H and O–H groups in total. The van der Waals surface area contributed by atoms with Crippen LogP contribution < -0.4 is 10.9 Å². The van der Waals surface area contributed by atoms with Crippen molar-refractivity contribution in [3.05, 3.63) is 70.5 Å². The van der Waals surface area contributed by atoms with Crippen LogP contribution in [0.1, 0.15) is 81.9 Å². The summed E-state index contributed by atoms with van der Waals surface area (Å²) >= 11 is 0. The number of esters is 1. The normalized spacial score (nSPS) is 25.1. The lowest BCUT2D eigenvalue weighted by molar-refractivity contribution is -0.141. The van der Waals surface area contributed by atoms with Gasteiger partial charge in [-0.1, -0.05) is 74.6 Å². The van der Waals surface area contributed by atoms with Crippen LogP contribution >= 0.6 is 0 Å². The molecule has 1 saturated carbocycles. The molecule has 2 bridgehead atoms. The minimum absolute atomic E-state index is 0.105. The van der Waals surface area contributed by atoms with Gasteiger partial charge in [0.2, 0.25) is 0 Å². The van der Waals surface area contributed by atoms with Gasteiger partial charge in [0.05, 0.1) is 24.2 Å². The summed E-state index contributed by atoms with van der Waals surface area (Å²) in [5, 5.41) is 3.17. The summed E-state index contributed by atoms with van der Waals surface area (Å²) in [6, 6.07) is 18.1. The van der Waals surface area contributed by atoms with Gasteiger partial charge in [-0.25, -0.2) is 9.78 Å². The number of carbonyl (C=O) groups excluding carboxylic acids is 1. The van der Waals surface area contributed by atoms with Gasteiger partial charge in [0.25, 0.3) is 5.56 Å². The molecule has 2 aromatic carbocycles. The third-order valence-corrected chi connectivity index (χ3v) is 9.03. The predicted octanol–water partition coefficient (Wildman–Crippen LogP) is 5.61. The van der Waals surface area contributed by atoms with E-state index >= 15 is 0 Å². The summed E-state index contributed by atoms with van der Waals surface area (Å²) < 4.78 is 7.08. The summed E-state index contributed by atoms with van der Waals surface area (Å²) in [6.45, 7) is 0. The maximum atomic E-state index is 14.2. The van der Waals surface area contributed by atoms with Gasteiger partial charge < -0.3 is 10.1 Å². The lowest BCUT2D eigenvalue weighted by atomic mass is 9.94. The summed E-state index contributed by atoms with van der Waals surface area (Å²) in [5.41, 5.74) is 2.19. The first-order valence-corrected chi connectivity index (χ1v) is 14.3. The van der Waals surface area contributed by atoms with E-state index in [4.69, 9.17) is 9.72 Å². The summed E-state index contributed by atoms with van der Waals surface area (Å²) in [4.78, 5) is 34.5. The molecule has 6 rings (SSSR count). The Labute approximate surface area is 224 Å². The van der Waals surface area contributed by atoms with Crippen molar-refractivity contribution in [1.82, 2.24) is 14.5 Å². The molecule has 38 heavy (non-hydrogen) atoms. The van der Waals surface area contributed by atoms with E-state index in [1.807, 2.05) is 59.2 Å². The molecule has 7 heteroatoms. The van der Waals surface area contributed by atoms with Crippen molar-refractivity contribution >= 4 is 22.8 Å². The molecule has 3 aliphatic rings. The number of nitrogens with zero attached hydrogens (tertiary/aromatic N) is 3. The fourth-order valence-electron chi connectivity index (χ4n) is 7.33. The zero-order chi connectivity index (χ0) is 26.1. The van der Waals surface area contributed by atoms with Crippen molar-refractivity contribution in [3.63, 3.8) is 0 Å². The quantitative estimate of drug-likeness (QED) is 0.431. The number of methoxy groups -OCH3 is 1. The maximum absolute atomic E-state index is 14.2. The smallest absolute Gasteiger partial charge is 0.333 e. The monoisotopic (exact) mass is 514 g/mol. The van der Waals surface area contributed by atoms with Crippen LogP contribution in [-0.4, -0.2) is 45.7 Å². The Hall–Kier alpha value is -3.19. The van der Waals surface area contributed by atoms with Crippen LogP contribution in [0.15, 0.2) is 59.4 Å². The molecule has 200 valence electrons. The number of anilines is 1. The van der Waals surface area contributed by atoms with Crippen LogP contribution in [-0.2, 0) is 9.53 Å². The van der Waals surface area contributed by atoms with Gasteiger partial charge in [-0.15, -0.1) is 0 Å². The number of benzene rings is 2. The molecule has 0 amide bonds. The van der Waals surface area contributed by atoms with E-state index in [1.165, 1.54) is 58.5 Å². The second-order valence-electron chi connectivity index (χ2n) is 11.2. The number of rotatable bonds is 6. The molecular formula is C31H38N4O3. The molecule has 0 radical (unpaired) electrons. The first-order chi connectivity index (χ1) is 18.7. The molecule has 7 nitrogen and oxygen atoms in total. The first kappa shape index (κ1) is 25.1. The highest BCUT2D eigenvalue weighted by molar-refractivity contribution is 5.82. The predicted molar refractivity (Wildman–Crippen MR) is 149 cm³/mol. The van der Waals surface area contributed by atoms with Crippen LogP contribution in [0.5, 0.6) is 0 Å². The van der Waals surface area contributed by atoms with Crippen LogP contribution in [0.25, 0.3) is 11.0 Å². The van der Waals surface area contributed by atoms with Crippen molar-refractivity contribution in [3.8, 4) is 0 Å². The van der Waals surface area contributed by atoms with E-state index in [9.17, 15) is 9.59 Å². The van der Waals surface area contributed by atoms with Gasteiger partial charge in [0.15, 0.2) is 11.9 Å². The summed E-state index contributed by atoms with van der Waals surface area (Å²) in [5.74, 6) is -0.254. The van der Waals surface area contributed by atoms with E-state index in [0.717, 1.165) is 29.4 Å². The minimum Gasteiger partial charge on any atom is -0.467 e. The van der Waals surface area contributed by atoms with Crippen molar-refractivity contribution in [1.29, 1.82) is 0 Å². The van der Waals surface area contributed by atoms with Gasteiger partial charge >= 0.3 is 5.97 Å². The SMILES string of the molecule is COC(=O)[C@@H](Nc1nc2ccccc2n([C@@H]2C[C@@H]3CCC2N3C2CCCCCCC2)c1=O)c1ccccc1.